The number of hydrogen-bond donors (Lipinski definition) is 0. The molecule has 1 heterocycles. The Morgan fingerprint density at radius 2 is 1.49 bits per heavy atom. The summed E-state index contributed by atoms with van der Waals surface area (Å²) in [6.45, 7) is 6.70. The zero-order valence-electron chi connectivity index (χ0n) is 20.6. The molecule has 0 aliphatic carbocycles. The lowest BCUT2D eigenvalue weighted by Crippen LogP contribution is -2.33. The number of nitrogens with zero attached hydrogens (tertiary/aromatic N) is 3. The van der Waals surface area contributed by atoms with Crippen LogP contribution in [0.25, 0.3) is 5.69 Å². The summed E-state index contributed by atoms with van der Waals surface area (Å²) >= 11 is 0. The van der Waals surface area contributed by atoms with Crippen LogP contribution in [-0.2, 0) is 17.9 Å². The predicted molar refractivity (Wildman–Crippen MR) is 137 cm³/mol. The molecule has 1 aromatic heterocycles. The normalized spacial score (nSPS) is 10.9. The van der Waals surface area contributed by atoms with Crippen LogP contribution in [0.2, 0.25) is 0 Å². The van der Waals surface area contributed by atoms with Crippen molar-refractivity contribution in [1.29, 1.82) is 0 Å². The average molecular weight is 470 g/mol. The SMILES string of the molecule is COc1ccc(Oc2c(CN(Cc3ccccc3)C(=O)C(C)C)c(C)nn2-c2ccccc2)cc1. The fourth-order valence-corrected chi connectivity index (χ4v) is 3.90. The molecule has 0 aliphatic heterocycles. The Morgan fingerprint density at radius 1 is 0.886 bits per heavy atom. The monoisotopic (exact) mass is 469 g/mol. The third-order valence-corrected chi connectivity index (χ3v) is 5.78. The summed E-state index contributed by atoms with van der Waals surface area (Å²) in [6.07, 6.45) is 0. The second-order valence-electron chi connectivity index (χ2n) is 8.73. The van der Waals surface area contributed by atoms with Crippen molar-refractivity contribution < 1.29 is 14.3 Å². The number of carbonyl (C=O) groups is 1. The zero-order chi connectivity index (χ0) is 24.8. The van der Waals surface area contributed by atoms with Crippen LogP contribution >= 0.6 is 0 Å². The number of methoxy groups -OCH3 is 1. The number of rotatable bonds is 9. The fraction of sp³-hybridized carbons (Fsp3) is 0.241. The Balaban J connectivity index is 1.75. The summed E-state index contributed by atoms with van der Waals surface area (Å²) in [5.74, 6) is 1.95. The summed E-state index contributed by atoms with van der Waals surface area (Å²) < 4.78 is 13.5. The first-order valence-corrected chi connectivity index (χ1v) is 11.7. The van der Waals surface area contributed by atoms with Crippen molar-refractivity contribution >= 4 is 5.91 Å². The smallest absolute Gasteiger partial charge is 0.227 e. The summed E-state index contributed by atoms with van der Waals surface area (Å²) in [4.78, 5) is 15.1. The van der Waals surface area contributed by atoms with E-state index in [0.717, 1.165) is 28.3 Å². The maximum Gasteiger partial charge on any atom is 0.227 e. The summed E-state index contributed by atoms with van der Waals surface area (Å²) in [7, 11) is 1.63. The molecule has 35 heavy (non-hydrogen) atoms. The van der Waals surface area contributed by atoms with Crippen molar-refractivity contribution in [3.63, 3.8) is 0 Å². The minimum absolute atomic E-state index is 0.0797. The topological polar surface area (TPSA) is 56.6 Å². The Hall–Kier alpha value is -4.06. The van der Waals surface area contributed by atoms with Crippen molar-refractivity contribution in [2.45, 2.75) is 33.9 Å². The Morgan fingerprint density at radius 3 is 2.09 bits per heavy atom. The van der Waals surface area contributed by atoms with E-state index in [-0.39, 0.29) is 11.8 Å². The van der Waals surface area contributed by atoms with Gasteiger partial charge in [0.1, 0.15) is 11.5 Å². The maximum absolute atomic E-state index is 13.2. The van der Waals surface area contributed by atoms with E-state index >= 15 is 0 Å². The number of amides is 1. The molecule has 4 rings (SSSR count). The minimum atomic E-state index is -0.130. The van der Waals surface area contributed by atoms with E-state index in [4.69, 9.17) is 14.6 Å². The van der Waals surface area contributed by atoms with Gasteiger partial charge in [-0.25, -0.2) is 4.68 Å². The van der Waals surface area contributed by atoms with Crippen molar-refractivity contribution in [3.8, 4) is 23.1 Å². The van der Waals surface area contributed by atoms with Gasteiger partial charge >= 0.3 is 0 Å². The maximum atomic E-state index is 13.2. The summed E-state index contributed by atoms with van der Waals surface area (Å²) in [5, 5.41) is 4.80. The highest BCUT2D eigenvalue weighted by Gasteiger charge is 2.25. The standard InChI is InChI=1S/C29H31N3O3/c1-21(2)28(33)31(19-23-11-7-5-8-12-23)20-27-22(3)30-32(24-13-9-6-10-14-24)29(27)35-26-17-15-25(34-4)16-18-26/h5-18,21H,19-20H2,1-4H3. The molecular weight excluding hydrogens is 438 g/mol. The van der Waals surface area contributed by atoms with Gasteiger partial charge in [-0.05, 0) is 48.9 Å². The Bertz CT molecular complexity index is 1250. The van der Waals surface area contributed by atoms with E-state index in [1.165, 1.54) is 0 Å². The van der Waals surface area contributed by atoms with Gasteiger partial charge < -0.3 is 14.4 Å². The molecule has 0 saturated heterocycles. The van der Waals surface area contributed by atoms with E-state index in [1.54, 1.807) is 11.8 Å². The quantitative estimate of drug-likeness (QED) is 0.294. The van der Waals surface area contributed by atoms with Crippen LogP contribution in [0, 0.1) is 12.8 Å². The van der Waals surface area contributed by atoms with Gasteiger partial charge in [-0.2, -0.15) is 5.10 Å². The third-order valence-electron chi connectivity index (χ3n) is 5.78. The number of hydrogen-bond acceptors (Lipinski definition) is 4. The molecule has 0 fully saturated rings. The highest BCUT2D eigenvalue weighted by Crippen LogP contribution is 2.33. The molecule has 4 aromatic rings. The molecule has 0 unspecified atom stereocenters. The van der Waals surface area contributed by atoms with Gasteiger partial charge in [-0.3, -0.25) is 4.79 Å². The van der Waals surface area contributed by atoms with E-state index < -0.39 is 0 Å². The van der Waals surface area contributed by atoms with Crippen molar-refractivity contribution in [3.05, 3.63) is 102 Å². The molecule has 1 amide bonds. The Labute approximate surface area is 206 Å². The lowest BCUT2D eigenvalue weighted by Gasteiger charge is -2.25. The van der Waals surface area contributed by atoms with E-state index in [0.29, 0.717) is 24.7 Å². The number of carbonyl (C=O) groups excluding carboxylic acids is 1. The molecule has 0 atom stereocenters. The molecule has 0 aliphatic rings. The van der Waals surface area contributed by atoms with Crippen molar-refractivity contribution in [2.75, 3.05) is 7.11 Å². The number of para-hydroxylation sites is 1. The second-order valence-corrected chi connectivity index (χ2v) is 8.73. The number of benzene rings is 3. The largest absolute Gasteiger partial charge is 0.497 e. The molecule has 180 valence electrons. The lowest BCUT2D eigenvalue weighted by molar-refractivity contribution is -0.135. The summed E-state index contributed by atoms with van der Waals surface area (Å²) in [5.41, 5.74) is 3.64. The van der Waals surface area contributed by atoms with Crippen LogP contribution in [-0.4, -0.2) is 27.7 Å². The van der Waals surface area contributed by atoms with E-state index in [1.807, 2.05) is 111 Å². The van der Waals surface area contributed by atoms with Crippen molar-refractivity contribution in [1.82, 2.24) is 14.7 Å². The summed E-state index contributed by atoms with van der Waals surface area (Å²) in [6, 6.07) is 27.3. The minimum Gasteiger partial charge on any atom is -0.497 e. The highest BCUT2D eigenvalue weighted by atomic mass is 16.5. The molecule has 6 nitrogen and oxygen atoms in total. The van der Waals surface area contributed by atoms with Gasteiger partial charge in [0.2, 0.25) is 11.8 Å². The fourth-order valence-electron chi connectivity index (χ4n) is 3.90. The predicted octanol–water partition coefficient (Wildman–Crippen LogP) is 6.17. The molecular formula is C29H31N3O3. The second kappa shape index (κ2) is 10.9. The first-order valence-electron chi connectivity index (χ1n) is 11.7. The van der Waals surface area contributed by atoms with Crippen LogP contribution in [0.1, 0.15) is 30.7 Å². The van der Waals surface area contributed by atoms with E-state index in [2.05, 4.69) is 0 Å². The van der Waals surface area contributed by atoms with Crippen LogP contribution in [0.5, 0.6) is 17.4 Å². The first kappa shape index (κ1) is 24.1. The molecule has 6 heteroatoms. The molecule has 3 aromatic carbocycles. The van der Waals surface area contributed by atoms with Gasteiger partial charge in [0.25, 0.3) is 0 Å². The average Bonchev–Trinajstić information content (AvgIpc) is 3.19. The number of aryl methyl sites for hydroxylation is 1. The number of aromatic nitrogens is 2. The molecule has 0 saturated carbocycles. The van der Waals surface area contributed by atoms with Crippen LogP contribution in [0.4, 0.5) is 0 Å². The first-order chi connectivity index (χ1) is 17.0. The zero-order valence-corrected chi connectivity index (χ0v) is 20.6. The molecule has 0 bridgehead atoms. The van der Waals surface area contributed by atoms with Gasteiger partial charge in [0.15, 0.2) is 0 Å². The Kier molecular flexibility index (Phi) is 7.51. The molecule has 0 radical (unpaired) electrons. The van der Waals surface area contributed by atoms with Gasteiger partial charge in [0, 0.05) is 12.5 Å². The van der Waals surface area contributed by atoms with E-state index in [9.17, 15) is 4.79 Å². The third kappa shape index (κ3) is 5.72. The van der Waals surface area contributed by atoms with Crippen LogP contribution in [0.15, 0.2) is 84.9 Å². The van der Waals surface area contributed by atoms with Gasteiger partial charge in [-0.15, -0.1) is 0 Å². The number of ether oxygens (including phenoxy) is 2. The van der Waals surface area contributed by atoms with Gasteiger partial charge in [-0.1, -0.05) is 62.4 Å². The van der Waals surface area contributed by atoms with Crippen LogP contribution < -0.4 is 9.47 Å². The highest BCUT2D eigenvalue weighted by molar-refractivity contribution is 5.78. The molecule has 0 N–H and O–H groups in total. The molecule has 0 spiro atoms. The van der Waals surface area contributed by atoms with Gasteiger partial charge in [0.05, 0.1) is 30.6 Å². The van der Waals surface area contributed by atoms with Crippen molar-refractivity contribution in [2.24, 2.45) is 5.92 Å². The lowest BCUT2D eigenvalue weighted by atomic mass is 10.1. The van der Waals surface area contributed by atoms with Crippen LogP contribution in [0.3, 0.4) is 0 Å².